The number of fused-ring (bicyclic) bond motifs is 1. The maximum atomic E-state index is 12.0. The normalized spacial score (nSPS) is 10.3. The van der Waals surface area contributed by atoms with Crippen molar-refractivity contribution < 1.29 is 14.3 Å². The van der Waals surface area contributed by atoms with E-state index in [0.29, 0.717) is 27.8 Å². The first-order valence-corrected chi connectivity index (χ1v) is 5.43. The van der Waals surface area contributed by atoms with E-state index in [1.54, 1.807) is 32.2 Å². The number of methoxy groups -OCH3 is 1. The molecule has 0 atom stereocenters. The van der Waals surface area contributed by atoms with Gasteiger partial charge >= 0.3 is 0 Å². The maximum Gasteiger partial charge on any atom is 0.257 e. The van der Waals surface area contributed by atoms with Crippen LogP contribution in [0.25, 0.3) is 10.9 Å². The van der Waals surface area contributed by atoms with Crippen LogP contribution in [0.1, 0.15) is 22.1 Å². The van der Waals surface area contributed by atoms with Gasteiger partial charge in [-0.25, -0.2) is 0 Å². The fourth-order valence-electron chi connectivity index (χ4n) is 1.83. The lowest BCUT2D eigenvalue weighted by Gasteiger charge is -2.04. The van der Waals surface area contributed by atoms with E-state index >= 15 is 0 Å². The van der Waals surface area contributed by atoms with Gasteiger partial charge in [0.05, 0.1) is 12.6 Å². The van der Waals surface area contributed by atoms with Gasteiger partial charge in [-0.05, 0) is 25.1 Å². The second-order valence-corrected chi connectivity index (χ2v) is 4.04. The number of nitrogens with zero attached hydrogens (tertiary/aromatic N) is 1. The molecule has 0 aliphatic rings. The Balaban J connectivity index is 2.74. The van der Waals surface area contributed by atoms with Crippen LogP contribution in [-0.4, -0.2) is 23.9 Å². The first kappa shape index (κ1) is 12.1. The lowest BCUT2D eigenvalue weighted by atomic mass is 10.2. The quantitative estimate of drug-likeness (QED) is 0.615. The minimum atomic E-state index is -0.224. The zero-order chi connectivity index (χ0) is 13.3. The lowest BCUT2D eigenvalue weighted by Crippen LogP contribution is -2.09. The molecule has 0 unspecified atom stereocenters. The second-order valence-electron chi connectivity index (χ2n) is 4.04. The van der Waals surface area contributed by atoms with Crippen LogP contribution in [0.5, 0.6) is 5.75 Å². The summed E-state index contributed by atoms with van der Waals surface area (Å²) in [6.45, 7) is 5.26. The van der Waals surface area contributed by atoms with Crippen molar-refractivity contribution in [2.24, 2.45) is 0 Å². The van der Waals surface area contributed by atoms with Crippen molar-refractivity contribution in [3.05, 3.63) is 42.1 Å². The highest BCUT2D eigenvalue weighted by Crippen LogP contribution is 2.25. The highest BCUT2D eigenvalue weighted by atomic mass is 16.5. The topological polar surface area (TPSA) is 48.3 Å². The smallest absolute Gasteiger partial charge is 0.257 e. The number of hydrogen-bond acceptors (Lipinski definition) is 3. The molecule has 4 nitrogen and oxygen atoms in total. The summed E-state index contributed by atoms with van der Waals surface area (Å²) in [6.07, 6.45) is 2.25. The van der Waals surface area contributed by atoms with E-state index in [2.05, 4.69) is 6.58 Å². The third-order valence-electron chi connectivity index (χ3n) is 2.75. The van der Waals surface area contributed by atoms with E-state index in [4.69, 9.17) is 4.74 Å². The number of aromatic nitrogens is 1. The summed E-state index contributed by atoms with van der Waals surface area (Å²) in [5.41, 5.74) is 1.55. The molecule has 2 rings (SSSR count). The predicted molar refractivity (Wildman–Crippen MR) is 69.3 cm³/mol. The first-order chi connectivity index (χ1) is 8.58. The van der Waals surface area contributed by atoms with Crippen LogP contribution in [0, 0.1) is 0 Å². The first-order valence-electron chi connectivity index (χ1n) is 5.43. The van der Waals surface area contributed by atoms with E-state index in [0.717, 1.165) is 6.29 Å². The molecule has 18 heavy (non-hydrogen) atoms. The maximum absolute atomic E-state index is 12.0. The fourth-order valence-corrected chi connectivity index (χ4v) is 1.83. The fraction of sp³-hybridized carbons (Fsp3) is 0.143. The molecule has 0 spiro atoms. The molecule has 1 heterocycles. The Morgan fingerprint density at radius 3 is 2.72 bits per heavy atom. The second kappa shape index (κ2) is 4.49. The van der Waals surface area contributed by atoms with Gasteiger partial charge in [0.15, 0.2) is 6.29 Å². The molecule has 0 fully saturated rings. The van der Waals surface area contributed by atoms with Gasteiger partial charge in [-0.3, -0.25) is 14.2 Å². The van der Waals surface area contributed by atoms with Gasteiger partial charge in [-0.1, -0.05) is 6.58 Å². The average molecular weight is 243 g/mol. The average Bonchev–Trinajstić information content (AvgIpc) is 2.75. The Kier molecular flexibility index (Phi) is 3.02. The molecule has 0 radical (unpaired) electrons. The van der Waals surface area contributed by atoms with Crippen LogP contribution in [0.15, 0.2) is 36.5 Å². The molecule has 0 saturated heterocycles. The number of carbonyl (C=O) groups is 2. The molecule has 0 saturated carbocycles. The Labute approximate surface area is 104 Å². The molecule has 0 N–H and O–H groups in total. The lowest BCUT2D eigenvalue weighted by molar-refractivity contribution is 0.0960. The van der Waals surface area contributed by atoms with E-state index in [9.17, 15) is 9.59 Å². The molecule has 1 aromatic carbocycles. The number of rotatable bonds is 3. The highest BCUT2D eigenvalue weighted by Gasteiger charge is 2.14. The minimum absolute atomic E-state index is 0.224. The van der Waals surface area contributed by atoms with E-state index < -0.39 is 0 Å². The summed E-state index contributed by atoms with van der Waals surface area (Å²) in [4.78, 5) is 23.0. The number of carbonyl (C=O) groups excluding carboxylic acids is 2. The molecule has 0 aliphatic heterocycles. The standard InChI is InChI=1S/C14H13NO3/c1-9(2)14(17)15-7-10(8-16)12-6-11(18-3)4-5-13(12)15/h4-8H,1H2,2-3H3. The molecule has 1 aromatic heterocycles. The molecule has 0 aliphatic carbocycles. The molecule has 92 valence electrons. The largest absolute Gasteiger partial charge is 0.497 e. The number of hydrogen-bond donors (Lipinski definition) is 0. The summed E-state index contributed by atoms with van der Waals surface area (Å²) in [7, 11) is 1.55. The molecule has 4 heteroatoms. The summed E-state index contributed by atoms with van der Waals surface area (Å²) < 4.78 is 6.54. The molecular formula is C14H13NO3. The van der Waals surface area contributed by atoms with Crippen molar-refractivity contribution >= 4 is 23.1 Å². The van der Waals surface area contributed by atoms with Gasteiger partial charge in [0.2, 0.25) is 0 Å². The minimum Gasteiger partial charge on any atom is -0.497 e. The number of aldehydes is 1. The zero-order valence-corrected chi connectivity index (χ0v) is 10.3. The predicted octanol–water partition coefficient (Wildman–Crippen LogP) is 2.68. The summed E-state index contributed by atoms with van der Waals surface area (Å²) in [5.74, 6) is 0.421. The third kappa shape index (κ3) is 1.82. The van der Waals surface area contributed by atoms with Crippen LogP contribution in [0.3, 0.4) is 0 Å². The van der Waals surface area contributed by atoms with Crippen LogP contribution < -0.4 is 4.74 Å². The van der Waals surface area contributed by atoms with Crippen molar-refractivity contribution in [3.63, 3.8) is 0 Å². The van der Waals surface area contributed by atoms with Crippen LogP contribution in [0.2, 0.25) is 0 Å². The van der Waals surface area contributed by atoms with Crippen LogP contribution >= 0.6 is 0 Å². The van der Waals surface area contributed by atoms with E-state index in [1.807, 2.05) is 0 Å². The van der Waals surface area contributed by atoms with Crippen molar-refractivity contribution in [2.45, 2.75) is 6.92 Å². The summed E-state index contributed by atoms with van der Waals surface area (Å²) >= 11 is 0. The van der Waals surface area contributed by atoms with Crippen LogP contribution in [0.4, 0.5) is 0 Å². The van der Waals surface area contributed by atoms with Crippen molar-refractivity contribution in [2.75, 3.05) is 7.11 Å². The monoisotopic (exact) mass is 243 g/mol. The molecule has 0 amide bonds. The molecule has 0 bridgehead atoms. The summed E-state index contributed by atoms with van der Waals surface area (Å²) in [6, 6.07) is 5.24. The zero-order valence-electron chi connectivity index (χ0n) is 10.3. The number of benzene rings is 1. The van der Waals surface area contributed by atoms with Crippen molar-refractivity contribution in [1.29, 1.82) is 0 Å². The van der Waals surface area contributed by atoms with Gasteiger partial charge in [-0.2, -0.15) is 0 Å². The molecular weight excluding hydrogens is 230 g/mol. The van der Waals surface area contributed by atoms with Gasteiger partial charge in [0.1, 0.15) is 5.75 Å². The van der Waals surface area contributed by atoms with E-state index in [1.165, 1.54) is 10.8 Å². The Hall–Kier alpha value is -2.36. The van der Waals surface area contributed by atoms with Gasteiger partial charge in [-0.15, -0.1) is 0 Å². The Bertz CT molecular complexity index is 652. The Morgan fingerprint density at radius 2 is 2.17 bits per heavy atom. The highest BCUT2D eigenvalue weighted by molar-refractivity contribution is 6.06. The SMILES string of the molecule is C=C(C)C(=O)n1cc(C=O)c2cc(OC)ccc21. The van der Waals surface area contributed by atoms with Gasteiger partial charge < -0.3 is 4.74 Å². The number of allylic oxidation sites excluding steroid dienone is 1. The Morgan fingerprint density at radius 1 is 1.44 bits per heavy atom. The molecule has 2 aromatic rings. The van der Waals surface area contributed by atoms with Crippen LogP contribution in [-0.2, 0) is 0 Å². The van der Waals surface area contributed by atoms with Gasteiger partial charge in [0.25, 0.3) is 5.91 Å². The third-order valence-corrected chi connectivity index (χ3v) is 2.75. The summed E-state index contributed by atoms with van der Waals surface area (Å²) in [5, 5.41) is 0.693. The number of ether oxygens (including phenoxy) is 1. The van der Waals surface area contributed by atoms with Gasteiger partial charge in [0, 0.05) is 22.7 Å². The van der Waals surface area contributed by atoms with Crippen molar-refractivity contribution in [3.8, 4) is 5.75 Å². The van der Waals surface area contributed by atoms with E-state index in [-0.39, 0.29) is 5.91 Å². The van der Waals surface area contributed by atoms with Crippen molar-refractivity contribution in [1.82, 2.24) is 4.57 Å².